The van der Waals surface area contributed by atoms with E-state index < -0.39 is 13.5 Å². The summed E-state index contributed by atoms with van der Waals surface area (Å²) in [4.78, 5) is 4.93. The van der Waals surface area contributed by atoms with Crippen LogP contribution >= 0.6 is 35.0 Å². The minimum Gasteiger partial charge on any atom is -0.308 e. The van der Waals surface area contributed by atoms with Crippen LogP contribution in [0.2, 0.25) is 10.0 Å². The number of nitrogens with zero attached hydrogens (tertiary/aromatic N) is 1. The first kappa shape index (κ1) is 40.7. The molecular formula is C59H45Cl2NSSi. The molecule has 1 heterocycles. The van der Waals surface area contributed by atoms with Gasteiger partial charge in [-0.2, -0.15) is 0 Å². The highest BCUT2D eigenvalue weighted by molar-refractivity contribution is 7.99. The van der Waals surface area contributed by atoms with Crippen molar-refractivity contribution in [2.24, 2.45) is 0 Å². The molecular weight excluding hydrogens is 854 g/mol. The van der Waals surface area contributed by atoms with Gasteiger partial charge in [0.2, 0.25) is 0 Å². The van der Waals surface area contributed by atoms with Gasteiger partial charge in [-0.1, -0.05) is 232 Å². The number of anilines is 3. The van der Waals surface area contributed by atoms with Crippen LogP contribution in [0.3, 0.4) is 0 Å². The Labute approximate surface area is 392 Å². The van der Waals surface area contributed by atoms with Crippen molar-refractivity contribution in [2.45, 2.75) is 41.4 Å². The van der Waals surface area contributed by atoms with E-state index in [2.05, 4.69) is 244 Å². The van der Waals surface area contributed by atoms with E-state index in [1.807, 2.05) is 11.8 Å². The summed E-state index contributed by atoms with van der Waals surface area (Å²) in [6, 6.07) is 80.3. The second-order valence-electron chi connectivity index (χ2n) is 17.9. The molecule has 1 spiro atoms. The molecule has 0 radical (unpaired) electrons. The Hall–Kier alpha value is -6.07. The predicted molar refractivity (Wildman–Crippen MR) is 275 cm³/mol. The minimum atomic E-state index is -3.03. The van der Waals surface area contributed by atoms with Crippen molar-refractivity contribution in [3.63, 3.8) is 0 Å². The Kier molecular flexibility index (Phi) is 10.1. The van der Waals surface area contributed by atoms with Gasteiger partial charge in [-0.05, 0) is 102 Å². The smallest absolute Gasteiger partial charge is 0.179 e. The van der Waals surface area contributed by atoms with Crippen LogP contribution < -0.4 is 25.6 Å². The standard InChI is InChI=1S/C59H45Cl2NSSi/c1-58(2,3)40-34-36-41(37-35-40)62(53-39-45(38-51(60)57(53)61)64(42-20-7-4-8-21-42,43-22-9-5-10-23-43)44-24-11-6-12-25-44)52-31-19-30-50-56(52)46-26-13-14-27-47(46)59(50)48-28-15-17-32-54(48)63-55-33-18-16-29-49(55)59/h4-39H,1-3H3. The first-order chi connectivity index (χ1) is 31.2. The largest absolute Gasteiger partial charge is 0.308 e. The third-order valence-electron chi connectivity index (χ3n) is 13.4. The second-order valence-corrected chi connectivity index (χ2v) is 23.5. The van der Waals surface area contributed by atoms with Crippen LogP contribution in [0.4, 0.5) is 17.1 Å². The van der Waals surface area contributed by atoms with Crippen LogP contribution in [0.1, 0.15) is 48.6 Å². The van der Waals surface area contributed by atoms with Gasteiger partial charge in [-0.15, -0.1) is 0 Å². The Morgan fingerprint density at radius 3 is 1.48 bits per heavy atom. The van der Waals surface area contributed by atoms with Crippen LogP contribution in [0.5, 0.6) is 0 Å². The van der Waals surface area contributed by atoms with Crippen molar-refractivity contribution in [2.75, 3.05) is 4.90 Å². The van der Waals surface area contributed by atoms with Crippen molar-refractivity contribution in [3.05, 3.63) is 256 Å². The SMILES string of the molecule is CC(C)(C)c1ccc(N(c2cc([Si](c3ccccc3)(c3ccccc3)c3ccccc3)cc(Cl)c2Cl)c2cccc3c2-c2ccccc2C32c3ccccc3Sc3ccccc32)cc1. The Morgan fingerprint density at radius 2 is 0.938 bits per heavy atom. The second kappa shape index (κ2) is 15.9. The zero-order valence-electron chi connectivity index (χ0n) is 35.9. The quantitative estimate of drug-likeness (QED) is 0.116. The fourth-order valence-corrected chi connectivity index (χ4v) is 17.1. The molecule has 0 amide bonds. The molecule has 1 aliphatic heterocycles. The summed E-state index contributed by atoms with van der Waals surface area (Å²) in [6.45, 7) is 6.79. The lowest BCUT2D eigenvalue weighted by molar-refractivity contribution is 0.590. The first-order valence-corrected chi connectivity index (χ1v) is 25.5. The number of benzene rings is 9. The Morgan fingerprint density at radius 1 is 0.453 bits per heavy atom. The van der Waals surface area contributed by atoms with Crippen LogP contribution in [0.15, 0.2) is 228 Å². The average molecular weight is 899 g/mol. The zero-order valence-corrected chi connectivity index (χ0v) is 39.2. The van der Waals surface area contributed by atoms with Gasteiger partial charge in [-0.3, -0.25) is 0 Å². The van der Waals surface area contributed by atoms with Crippen molar-refractivity contribution < 1.29 is 0 Å². The van der Waals surface area contributed by atoms with Gasteiger partial charge in [0.1, 0.15) is 0 Å². The van der Waals surface area contributed by atoms with E-state index in [0.29, 0.717) is 10.0 Å². The summed E-state index contributed by atoms with van der Waals surface area (Å²) in [5, 5.41) is 5.96. The predicted octanol–water partition coefficient (Wildman–Crippen LogP) is 14.0. The lowest BCUT2D eigenvalue weighted by Gasteiger charge is -2.40. The highest BCUT2D eigenvalue weighted by Crippen LogP contribution is 2.64. The molecule has 11 rings (SSSR count). The molecule has 0 saturated carbocycles. The van der Waals surface area contributed by atoms with Gasteiger partial charge in [0.05, 0.1) is 26.8 Å². The topological polar surface area (TPSA) is 3.24 Å². The minimum absolute atomic E-state index is 0.0322. The van der Waals surface area contributed by atoms with E-state index in [-0.39, 0.29) is 5.41 Å². The van der Waals surface area contributed by atoms with Crippen LogP contribution in [0.25, 0.3) is 11.1 Å². The maximum Gasteiger partial charge on any atom is 0.179 e. The monoisotopic (exact) mass is 897 g/mol. The normalized spacial score (nSPS) is 13.5. The van der Waals surface area contributed by atoms with E-state index in [0.717, 1.165) is 22.2 Å². The number of fused-ring (bicyclic) bond motifs is 9. The third kappa shape index (κ3) is 6.20. The van der Waals surface area contributed by atoms with Gasteiger partial charge in [0, 0.05) is 21.0 Å². The summed E-state index contributed by atoms with van der Waals surface area (Å²) in [7, 11) is -3.03. The summed E-state index contributed by atoms with van der Waals surface area (Å²) >= 11 is 17.2. The molecule has 0 N–H and O–H groups in total. The lowest BCUT2D eigenvalue weighted by atomic mass is 9.67. The van der Waals surface area contributed by atoms with Crippen molar-refractivity contribution >= 4 is 80.8 Å². The van der Waals surface area contributed by atoms with Crippen LogP contribution in [0, 0.1) is 0 Å². The van der Waals surface area contributed by atoms with Crippen molar-refractivity contribution in [3.8, 4) is 11.1 Å². The van der Waals surface area contributed by atoms with E-state index in [1.165, 1.54) is 64.3 Å². The molecule has 0 atom stereocenters. The maximum absolute atomic E-state index is 7.72. The summed E-state index contributed by atoms with van der Waals surface area (Å²) in [5.74, 6) is 0. The lowest BCUT2D eigenvalue weighted by Crippen LogP contribution is -2.74. The molecule has 0 saturated heterocycles. The van der Waals surface area contributed by atoms with E-state index >= 15 is 0 Å². The molecule has 0 fully saturated rings. The molecule has 2 aliphatic rings. The maximum atomic E-state index is 7.72. The fraction of sp³-hybridized carbons (Fsp3) is 0.0847. The third-order valence-corrected chi connectivity index (χ3v) is 20.1. The zero-order chi connectivity index (χ0) is 43.6. The summed E-state index contributed by atoms with van der Waals surface area (Å²) in [6.07, 6.45) is 0. The number of halogens is 2. The molecule has 64 heavy (non-hydrogen) atoms. The molecule has 310 valence electrons. The number of hydrogen-bond acceptors (Lipinski definition) is 2. The van der Waals surface area contributed by atoms with Gasteiger partial charge in [0.15, 0.2) is 8.07 Å². The van der Waals surface area contributed by atoms with Gasteiger partial charge >= 0.3 is 0 Å². The van der Waals surface area contributed by atoms with Gasteiger partial charge in [-0.25, -0.2) is 0 Å². The molecule has 1 nitrogen and oxygen atoms in total. The summed E-state index contributed by atoms with van der Waals surface area (Å²) < 4.78 is 0. The summed E-state index contributed by atoms with van der Waals surface area (Å²) in [5.41, 5.74) is 11.1. The molecule has 0 aromatic heterocycles. The van der Waals surface area contributed by atoms with E-state index in [4.69, 9.17) is 23.2 Å². The van der Waals surface area contributed by atoms with Crippen molar-refractivity contribution in [1.29, 1.82) is 0 Å². The number of rotatable bonds is 7. The molecule has 9 aromatic rings. The molecule has 1 aliphatic carbocycles. The van der Waals surface area contributed by atoms with Gasteiger partial charge < -0.3 is 4.90 Å². The molecule has 0 bridgehead atoms. The van der Waals surface area contributed by atoms with Crippen LogP contribution in [-0.2, 0) is 10.8 Å². The molecule has 9 aromatic carbocycles. The first-order valence-electron chi connectivity index (χ1n) is 21.9. The van der Waals surface area contributed by atoms with Crippen molar-refractivity contribution in [1.82, 2.24) is 0 Å². The average Bonchev–Trinajstić information content (AvgIpc) is 3.63. The van der Waals surface area contributed by atoms with E-state index in [1.54, 1.807) is 0 Å². The van der Waals surface area contributed by atoms with Crippen LogP contribution in [-0.4, -0.2) is 8.07 Å². The molecule has 5 heteroatoms. The number of hydrogen-bond donors (Lipinski definition) is 0. The molecule has 0 unspecified atom stereocenters. The van der Waals surface area contributed by atoms with Gasteiger partial charge in [0.25, 0.3) is 0 Å². The Balaban J connectivity index is 1.25. The highest BCUT2D eigenvalue weighted by atomic mass is 35.5. The van der Waals surface area contributed by atoms with E-state index in [9.17, 15) is 0 Å². The highest BCUT2D eigenvalue weighted by Gasteiger charge is 2.51. The Bertz CT molecular complexity index is 3060. The fourth-order valence-electron chi connectivity index (χ4n) is 10.6.